The highest BCUT2D eigenvalue weighted by atomic mass is 35.5. The lowest BCUT2D eigenvalue weighted by Crippen LogP contribution is -2.37. The van der Waals surface area contributed by atoms with Crippen LogP contribution in [0.15, 0.2) is 6.20 Å². The number of halogens is 1. The van der Waals surface area contributed by atoms with Gasteiger partial charge in [0.1, 0.15) is 5.69 Å². The van der Waals surface area contributed by atoms with Crippen molar-refractivity contribution < 1.29 is 4.79 Å². The molecule has 1 aromatic rings. The van der Waals surface area contributed by atoms with Crippen LogP contribution in [0.4, 0.5) is 11.5 Å². The molecule has 90 valence electrons. The van der Waals surface area contributed by atoms with E-state index in [2.05, 4.69) is 20.6 Å². The second-order valence-corrected chi connectivity index (χ2v) is 5.08. The van der Waals surface area contributed by atoms with Crippen LogP contribution in [-0.2, 0) is 4.79 Å². The van der Waals surface area contributed by atoms with Crippen LogP contribution in [0.3, 0.4) is 0 Å². The molecule has 2 aliphatic rings. The zero-order valence-electron chi connectivity index (χ0n) is 9.29. The molecule has 1 aliphatic carbocycles. The van der Waals surface area contributed by atoms with E-state index in [1.165, 1.54) is 0 Å². The first-order chi connectivity index (χ1) is 8.17. The number of amides is 1. The predicted molar refractivity (Wildman–Crippen MR) is 65.1 cm³/mol. The van der Waals surface area contributed by atoms with Gasteiger partial charge in [-0.15, -0.1) is 0 Å². The largest absolute Gasteiger partial charge is 0.362 e. The van der Waals surface area contributed by atoms with E-state index in [9.17, 15) is 4.79 Å². The highest BCUT2D eigenvalue weighted by Gasteiger charge is 2.38. The maximum absolute atomic E-state index is 11.9. The number of carbonyl (C=O) groups is 1. The molecular formula is C11H13ClN4O. The van der Waals surface area contributed by atoms with Crippen LogP contribution in [0.25, 0.3) is 0 Å². The molecule has 0 radical (unpaired) electrons. The fourth-order valence-corrected chi connectivity index (χ4v) is 2.83. The van der Waals surface area contributed by atoms with Crippen LogP contribution in [-0.4, -0.2) is 21.4 Å². The highest BCUT2D eigenvalue weighted by molar-refractivity contribution is 6.28. The summed E-state index contributed by atoms with van der Waals surface area (Å²) in [6, 6.07) is 0. The van der Waals surface area contributed by atoms with Gasteiger partial charge in [0.15, 0.2) is 5.82 Å². The SMILES string of the molecule is O=C1CC2(CCCC2)Nc2nc(Cl)ncc2N1. The van der Waals surface area contributed by atoms with E-state index in [0.29, 0.717) is 17.9 Å². The Balaban J connectivity index is 2.02. The van der Waals surface area contributed by atoms with Gasteiger partial charge in [-0.05, 0) is 24.4 Å². The van der Waals surface area contributed by atoms with E-state index in [-0.39, 0.29) is 16.7 Å². The lowest BCUT2D eigenvalue weighted by molar-refractivity contribution is -0.117. The van der Waals surface area contributed by atoms with Crippen molar-refractivity contribution in [2.24, 2.45) is 0 Å². The van der Waals surface area contributed by atoms with E-state index in [1.54, 1.807) is 6.20 Å². The van der Waals surface area contributed by atoms with E-state index < -0.39 is 0 Å². The minimum atomic E-state index is -0.146. The Labute approximate surface area is 104 Å². The Kier molecular flexibility index (Phi) is 2.43. The summed E-state index contributed by atoms with van der Waals surface area (Å²) in [4.78, 5) is 19.9. The molecular weight excluding hydrogens is 240 g/mol. The lowest BCUT2D eigenvalue weighted by atomic mass is 9.93. The molecule has 2 N–H and O–H groups in total. The zero-order valence-corrected chi connectivity index (χ0v) is 10.0. The minimum absolute atomic E-state index is 0.0177. The molecule has 0 aromatic carbocycles. The Morgan fingerprint density at radius 3 is 2.88 bits per heavy atom. The average molecular weight is 253 g/mol. The van der Waals surface area contributed by atoms with E-state index >= 15 is 0 Å². The Hall–Kier alpha value is -1.36. The lowest BCUT2D eigenvalue weighted by Gasteiger charge is -2.28. The summed E-state index contributed by atoms with van der Waals surface area (Å²) in [5, 5.41) is 6.40. The van der Waals surface area contributed by atoms with Crippen LogP contribution in [0, 0.1) is 0 Å². The third-order valence-electron chi connectivity index (χ3n) is 3.48. The van der Waals surface area contributed by atoms with Gasteiger partial charge in [0, 0.05) is 12.0 Å². The molecule has 0 saturated heterocycles. The van der Waals surface area contributed by atoms with Gasteiger partial charge in [-0.1, -0.05) is 12.8 Å². The number of anilines is 2. The molecule has 5 nitrogen and oxygen atoms in total. The Morgan fingerprint density at radius 1 is 1.35 bits per heavy atom. The molecule has 1 fully saturated rings. The second-order valence-electron chi connectivity index (χ2n) is 4.74. The number of aromatic nitrogens is 2. The summed E-state index contributed by atoms with van der Waals surface area (Å²) >= 11 is 5.79. The molecule has 0 atom stereocenters. The van der Waals surface area contributed by atoms with Crippen molar-refractivity contribution in [1.29, 1.82) is 0 Å². The van der Waals surface area contributed by atoms with Crippen molar-refractivity contribution in [3.63, 3.8) is 0 Å². The monoisotopic (exact) mass is 252 g/mol. The molecule has 1 saturated carbocycles. The fourth-order valence-electron chi connectivity index (χ4n) is 2.70. The normalized spacial score (nSPS) is 21.6. The number of nitrogens with one attached hydrogen (secondary N) is 2. The van der Waals surface area contributed by atoms with Crippen molar-refractivity contribution in [1.82, 2.24) is 9.97 Å². The second kappa shape index (κ2) is 3.84. The van der Waals surface area contributed by atoms with Crippen molar-refractivity contribution >= 4 is 29.0 Å². The molecule has 2 heterocycles. The van der Waals surface area contributed by atoms with Gasteiger partial charge in [-0.2, -0.15) is 4.98 Å². The van der Waals surface area contributed by atoms with Crippen LogP contribution >= 0.6 is 11.6 Å². The molecule has 1 aromatic heterocycles. The third-order valence-corrected chi connectivity index (χ3v) is 3.66. The van der Waals surface area contributed by atoms with E-state index in [1.807, 2.05) is 0 Å². The van der Waals surface area contributed by atoms with Gasteiger partial charge in [0.25, 0.3) is 0 Å². The highest BCUT2D eigenvalue weighted by Crippen LogP contribution is 2.39. The summed E-state index contributed by atoms with van der Waals surface area (Å²) in [6.07, 6.45) is 6.33. The molecule has 17 heavy (non-hydrogen) atoms. The standard InChI is InChI=1S/C11H13ClN4O/c12-10-13-6-7-9(15-10)16-11(3-1-2-4-11)5-8(17)14-7/h6H,1-5H2,(H,14,17)(H,13,15,16). The Bertz CT molecular complexity index is 471. The van der Waals surface area contributed by atoms with Crippen molar-refractivity contribution in [2.45, 2.75) is 37.6 Å². The van der Waals surface area contributed by atoms with Crippen LogP contribution in [0.1, 0.15) is 32.1 Å². The molecule has 0 bridgehead atoms. The van der Waals surface area contributed by atoms with Gasteiger partial charge < -0.3 is 10.6 Å². The average Bonchev–Trinajstić information content (AvgIpc) is 2.64. The van der Waals surface area contributed by atoms with Crippen molar-refractivity contribution in [3.8, 4) is 0 Å². The number of hydrogen-bond donors (Lipinski definition) is 2. The molecule has 6 heteroatoms. The Morgan fingerprint density at radius 2 is 2.12 bits per heavy atom. The van der Waals surface area contributed by atoms with Gasteiger partial charge >= 0.3 is 0 Å². The first kappa shape index (κ1) is 10.8. The first-order valence-electron chi connectivity index (χ1n) is 5.78. The zero-order chi connectivity index (χ0) is 11.9. The molecule has 0 unspecified atom stereocenters. The van der Waals surface area contributed by atoms with Gasteiger partial charge in [0.05, 0.1) is 6.20 Å². The molecule has 1 amide bonds. The number of hydrogen-bond acceptors (Lipinski definition) is 4. The predicted octanol–water partition coefficient (Wildman–Crippen LogP) is 2.20. The molecule has 1 aliphatic heterocycles. The summed E-state index contributed by atoms with van der Waals surface area (Å²) < 4.78 is 0. The van der Waals surface area contributed by atoms with Crippen LogP contribution in [0.2, 0.25) is 5.28 Å². The number of rotatable bonds is 0. The third kappa shape index (κ3) is 1.95. The summed E-state index contributed by atoms with van der Waals surface area (Å²) in [7, 11) is 0. The fraction of sp³-hybridized carbons (Fsp3) is 0.545. The topological polar surface area (TPSA) is 66.9 Å². The summed E-state index contributed by atoms with van der Waals surface area (Å²) in [5.41, 5.74) is 0.468. The first-order valence-corrected chi connectivity index (χ1v) is 6.15. The quantitative estimate of drug-likeness (QED) is 0.695. The summed E-state index contributed by atoms with van der Waals surface area (Å²) in [6.45, 7) is 0. The van der Waals surface area contributed by atoms with Crippen LogP contribution < -0.4 is 10.6 Å². The smallest absolute Gasteiger partial charge is 0.226 e. The van der Waals surface area contributed by atoms with Crippen LogP contribution in [0.5, 0.6) is 0 Å². The van der Waals surface area contributed by atoms with Gasteiger partial charge in [-0.3, -0.25) is 4.79 Å². The van der Waals surface area contributed by atoms with Crippen molar-refractivity contribution in [2.75, 3.05) is 10.6 Å². The maximum Gasteiger partial charge on any atom is 0.226 e. The minimum Gasteiger partial charge on any atom is -0.362 e. The number of fused-ring (bicyclic) bond motifs is 1. The number of carbonyl (C=O) groups excluding carboxylic acids is 1. The van der Waals surface area contributed by atoms with Gasteiger partial charge in [0.2, 0.25) is 11.2 Å². The van der Waals surface area contributed by atoms with E-state index in [0.717, 1.165) is 25.7 Å². The van der Waals surface area contributed by atoms with Gasteiger partial charge in [-0.25, -0.2) is 4.98 Å². The molecule has 3 rings (SSSR count). The number of nitrogens with zero attached hydrogens (tertiary/aromatic N) is 2. The summed E-state index contributed by atoms with van der Waals surface area (Å²) in [5.74, 6) is 0.654. The van der Waals surface area contributed by atoms with Crippen molar-refractivity contribution in [3.05, 3.63) is 11.5 Å². The molecule has 1 spiro atoms. The maximum atomic E-state index is 11.9. The van der Waals surface area contributed by atoms with E-state index in [4.69, 9.17) is 11.6 Å².